The lowest BCUT2D eigenvalue weighted by Gasteiger charge is -2.18. The van der Waals surface area contributed by atoms with E-state index in [0.717, 1.165) is 5.92 Å². The lowest BCUT2D eigenvalue weighted by molar-refractivity contribution is 0.349. The SMILES string of the molecule is CCC.CCC1CCCCC1. The average molecular weight is 156 g/mol. The van der Waals surface area contributed by atoms with Gasteiger partial charge in [-0.15, -0.1) is 0 Å². The molecule has 0 aromatic carbocycles. The molecule has 0 N–H and O–H groups in total. The maximum atomic E-state index is 2.32. The van der Waals surface area contributed by atoms with Crippen LogP contribution in [0.5, 0.6) is 0 Å². The largest absolute Gasteiger partial charge is 0.0656 e. The highest BCUT2D eigenvalue weighted by Gasteiger charge is 2.09. The zero-order valence-electron chi connectivity index (χ0n) is 8.53. The van der Waals surface area contributed by atoms with E-state index >= 15 is 0 Å². The Morgan fingerprint density at radius 2 is 1.36 bits per heavy atom. The molecule has 1 rings (SSSR count). The van der Waals surface area contributed by atoms with Gasteiger partial charge in [0.05, 0.1) is 0 Å². The van der Waals surface area contributed by atoms with Crippen LogP contribution in [-0.2, 0) is 0 Å². The summed E-state index contributed by atoms with van der Waals surface area (Å²) in [4.78, 5) is 0. The fraction of sp³-hybridized carbons (Fsp3) is 1.00. The number of rotatable bonds is 1. The first-order chi connectivity index (χ1) is 5.35. The van der Waals surface area contributed by atoms with Gasteiger partial charge in [0.15, 0.2) is 0 Å². The van der Waals surface area contributed by atoms with Gasteiger partial charge in [0, 0.05) is 0 Å². The van der Waals surface area contributed by atoms with Crippen LogP contribution in [0.3, 0.4) is 0 Å². The van der Waals surface area contributed by atoms with E-state index in [1.165, 1.54) is 44.9 Å². The summed E-state index contributed by atoms with van der Waals surface area (Å²) in [7, 11) is 0. The Balaban J connectivity index is 0.000000292. The minimum atomic E-state index is 1.09. The Morgan fingerprint density at radius 3 is 1.64 bits per heavy atom. The smallest absolute Gasteiger partial charge is 0.0417 e. The van der Waals surface area contributed by atoms with Crippen LogP contribution in [-0.4, -0.2) is 0 Å². The fourth-order valence-electron chi connectivity index (χ4n) is 1.60. The summed E-state index contributed by atoms with van der Waals surface area (Å²) in [5, 5.41) is 0. The first-order valence-corrected chi connectivity index (χ1v) is 5.35. The molecule has 0 aromatic heterocycles. The summed E-state index contributed by atoms with van der Waals surface area (Å²) in [6.45, 7) is 6.57. The maximum Gasteiger partial charge on any atom is -0.0417 e. The summed E-state index contributed by atoms with van der Waals surface area (Å²) in [6.07, 6.45) is 10.2. The molecule has 0 spiro atoms. The highest BCUT2D eigenvalue weighted by Crippen LogP contribution is 2.25. The molecule has 0 amide bonds. The quantitative estimate of drug-likeness (QED) is 0.528. The molecule has 68 valence electrons. The van der Waals surface area contributed by atoms with Crippen molar-refractivity contribution in [1.82, 2.24) is 0 Å². The van der Waals surface area contributed by atoms with Crippen LogP contribution in [0.25, 0.3) is 0 Å². The fourth-order valence-corrected chi connectivity index (χ4v) is 1.60. The third-order valence-electron chi connectivity index (χ3n) is 2.30. The van der Waals surface area contributed by atoms with Crippen molar-refractivity contribution in [3.05, 3.63) is 0 Å². The van der Waals surface area contributed by atoms with Crippen molar-refractivity contribution in [1.29, 1.82) is 0 Å². The topological polar surface area (TPSA) is 0 Å². The summed E-state index contributed by atoms with van der Waals surface area (Å²) in [5.41, 5.74) is 0. The number of hydrogen-bond acceptors (Lipinski definition) is 0. The molecule has 1 fully saturated rings. The van der Waals surface area contributed by atoms with Gasteiger partial charge in [-0.1, -0.05) is 65.7 Å². The van der Waals surface area contributed by atoms with E-state index in [2.05, 4.69) is 20.8 Å². The molecule has 0 heterocycles. The summed E-state index contributed by atoms with van der Waals surface area (Å²) < 4.78 is 0. The van der Waals surface area contributed by atoms with Crippen LogP contribution in [0.2, 0.25) is 0 Å². The summed E-state index contributed by atoms with van der Waals surface area (Å²) in [5.74, 6) is 1.09. The molecule has 0 unspecified atom stereocenters. The molecule has 0 heteroatoms. The van der Waals surface area contributed by atoms with Crippen LogP contribution >= 0.6 is 0 Å². The summed E-state index contributed by atoms with van der Waals surface area (Å²) >= 11 is 0. The van der Waals surface area contributed by atoms with Crippen LogP contribution < -0.4 is 0 Å². The van der Waals surface area contributed by atoms with Crippen LogP contribution in [0.15, 0.2) is 0 Å². The third kappa shape index (κ3) is 6.40. The summed E-state index contributed by atoms with van der Waals surface area (Å²) in [6, 6.07) is 0. The van der Waals surface area contributed by atoms with E-state index < -0.39 is 0 Å². The van der Waals surface area contributed by atoms with Crippen molar-refractivity contribution in [3.63, 3.8) is 0 Å². The molecule has 1 aliphatic rings. The molecule has 0 bridgehead atoms. The minimum absolute atomic E-state index is 1.09. The van der Waals surface area contributed by atoms with Crippen molar-refractivity contribution >= 4 is 0 Å². The molecule has 0 aliphatic heterocycles. The average Bonchev–Trinajstić information content (AvgIpc) is 2.08. The maximum absolute atomic E-state index is 2.32. The molecular weight excluding hydrogens is 132 g/mol. The van der Waals surface area contributed by atoms with E-state index in [1.54, 1.807) is 0 Å². The zero-order chi connectivity index (χ0) is 8.53. The molecular formula is C11H24. The second kappa shape index (κ2) is 8.10. The van der Waals surface area contributed by atoms with Crippen LogP contribution in [0, 0.1) is 5.92 Å². The molecule has 0 radical (unpaired) electrons. The third-order valence-corrected chi connectivity index (χ3v) is 2.30. The highest BCUT2D eigenvalue weighted by atomic mass is 14.2. The van der Waals surface area contributed by atoms with Gasteiger partial charge in [0.2, 0.25) is 0 Å². The van der Waals surface area contributed by atoms with Gasteiger partial charge in [-0.3, -0.25) is 0 Å². The van der Waals surface area contributed by atoms with Crippen molar-refractivity contribution in [3.8, 4) is 0 Å². The van der Waals surface area contributed by atoms with Gasteiger partial charge in [0.25, 0.3) is 0 Å². The first-order valence-electron chi connectivity index (χ1n) is 5.35. The Labute approximate surface area is 72.4 Å². The Hall–Kier alpha value is 0. The molecule has 1 saturated carbocycles. The van der Waals surface area contributed by atoms with Crippen molar-refractivity contribution in [2.24, 2.45) is 5.92 Å². The van der Waals surface area contributed by atoms with E-state index in [1.807, 2.05) is 0 Å². The van der Waals surface area contributed by atoms with Gasteiger partial charge in [0.1, 0.15) is 0 Å². The van der Waals surface area contributed by atoms with Crippen molar-refractivity contribution in [2.75, 3.05) is 0 Å². The van der Waals surface area contributed by atoms with Gasteiger partial charge >= 0.3 is 0 Å². The highest BCUT2D eigenvalue weighted by molar-refractivity contribution is 4.63. The predicted octanol–water partition coefficient (Wildman–Crippen LogP) is 4.39. The van der Waals surface area contributed by atoms with E-state index in [0.29, 0.717) is 0 Å². The monoisotopic (exact) mass is 156 g/mol. The number of hydrogen-bond donors (Lipinski definition) is 0. The van der Waals surface area contributed by atoms with Gasteiger partial charge < -0.3 is 0 Å². The van der Waals surface area contributed by atoms with Crippen molar-refractivity contribution < 1.29 is 0 Å². The minimum Gasteiger partial charge on any atom is -0.0656 e. The van der Waals surface area contributed by atoms with Crippen LogP contribution in [0.4, 0.5) is 0 Å². The molecule has 0 saturated heterocycles. The zero-order valence-corrected chi connectivity index (χ0v) is 8.53. The first kappa shape index (κ1) is 11.0. The van der Waals surface area contributed by atoms with Gasteiger partial charge in [-0.25, -0.2) is 0 Å². The van der Waals surface area contributed by atoms with E-state index in [4.69, 9.17) is 0 Å². The van der Waals surface area contributed by atoms with Gasteiger partial charge in [-0.2, -0.15) is 0 Å². The Morgan fingerprint density at radius 1 is 0.909 bits per heavy atom. The predicted molar refractivity (Wildman–Crippen MR) is 52.8 cm³/mol. The Kier molecular flexibility index (Phi) is 8.10. The molecule has 0 aromatic rings. The lowest BCUT2D eigenvalue weighted by atomic mass is 9.88. The normalized spacial score (nSPS) is 18.8. The van der Waals surface area contributed by atoms with Gasteiger partial charge in [-0.05, 0) is 5.92 Å². The molecule has 0 atom stereocenters. The standard InChI is InChI=1S/C8H16.C3H8/c1-2-8-6-4-3-5-7-8;1-3-2/h8H,2-7H2,1H3;3H2,1-2H3. The Bertz CT molecular complexity index is 60.4. The lowest BCUT2D eigenvalue weighted by Crippen LogP contribution is -2.03. The second-order valence-electron chi connectivity index (χ2n) is 3.62. The van der Waals surface area contributed by atoms with Crippen molar-refractivity contribution in [2.45, 2.75) is 65.7 Å². The second-order valence-corrected chi connectivity index (χ2v) is 3.62. The van der Waals surface area contributed by atoms with Crippen LogP contribution in [0.1, 0.15) is 65.7 Å². The molecule has 1 aliphatic carbocycles. The molecule has 0 nitrogen and oxygen atoms in total. The van der Waals surface area contributed by atoms with E-state index in [9.17, 15) is 0 Å². The molecule has 11 heavy (non-hydrogen) atoms. The van der Waals surface area contributed by atoms with E-state index in [-0.39, 0.29) is 0 Å².